The summed E-state index contributed by atoms with van der Waals surface area (Å²) in [5, 5.41) is 0. The normalized spacial score (nSPS) is 10.2. The zero-order chi connectivity index (χ0) is 12.3. The van der Waals surface area contributed by atoms with Gasteiger partial charge in [0, 0.05) is 11.8 Å². The first kappa shape index (κ1) is 11.5. The van der Waals surface area contributed by atoms with Gasteiger partial charge in [0.05, 0.1) is 0 Å². The Morgan fingerprint density at radius 1 is 1.12 bits per heavy atom. The Morgan fingerprint density at radius 3 is 2.47 bits per heavy atom. The molecule has 0 aliphatic rings. The van der Waals surface area contributed by atoms with Gasteiger partial charge >= 0.3 is 0 Å². The Morgan fingerprint density at radius 2 is 1.82 bits per heavy atom. The van der Waals surface area contributed by atoms with Crippen molar-refractivity contribution in [3.8, 4) is 5.75 Å². The molecule has 0 atom stereocenters. The van der Waals surface area contributed by atoms with Crippen LogP contribution < -0.4 is 10.5 Å². The molecular formula is C14H14FNO. The zero-order valence-electron chi connectivity index (χ0n) is 9.61. The molecule has 0 saturated heterocycles. The van der Waals surface area contributed by atoms with Crippen LogP contribution >= 0.6 is 0 Å². The average Bonchev–Trinajstić information content (AvgIpc) is 2.30. The smallest absolute Gasteiger partial charge is 0.167 e. The quantitative estimate of drug-likeness (QED) is 0.822. The summed E-state index contributed by atoms with van der Waals surface area (Å²) in [6.07, 6.45) is 0. The minimum absolute atomic E-state index is 0.222. The van der Waals surface area contributed by atoms with Crippen LogP contribution in [-0.2, 0) is 6.61 Å². The van der Waals surface area contributed by atoms with Gasteiger partial charge in [0.2, 0.25) is 0 Å². The number of hydrogen-bond donors (Lipinski definition) is 1. The first-order valence-corrected chi connectivity index (χ1v) is 5.38. The minimum atomic E-state index is -0.433. The summed E-state index contributed by atoms with van der Waals surface area (Å²) in [6, 6.07) is 12.3. The van der Waals surface area contributed by atoms with E-state index in [9.17, 15) is 4.39 Å². The van der Waals surface area contributed by atoms with Crippen molar-refractivity contribution < 1.29 is 9.13 Å². The third-order valence-electron chi connectivity index (χ3n) is 2.47. The van der Waals surface area contributed by atoms with E-state index in [1.165, 1.54) is 11.6 Å². The predicted molar refractivity (Wildman–Crippen MR) is 66.3 cm³/mol. The van der Waals surface area contributed by atoms with E-state index in [0.29, 0.717) is 12.3 Å². The second kappa shape index (κ2) is 4.87. The molecule has 0 aliphatic heterocycles. The molecule has 0 unspecified atom stereocenters. The lowest BCUT2D eigenvalue weighted by Gasteiger charge is -2.08. The SMILES string of the molecule is Cc1ccc(COc2ccc(N)cc2F)cc1. The van der Waals surface area contributed by atoms with Crippen molar-refractivity contribution in [1.82, 2.24) is 0 Å². The number of ether oxygens (including phenoxy) is 1. The second-order valence-electron chi connectivity index (χ2n) is 3.96. The topological polar surface area (TPSA) is 35.2 Å². The standard InChI is InChI=1S/C14H14FNO/c1-10-2-4-11(5-3-10)9-17-14-7-6-12(16)8-13(14)15/h2-8H,9,16H2,1H3. The highest BCUT2D eigenvalue weighted by Crippen LogP contribution is 2.20. The van der Waals surface area contributed by atoms with Gasteiger partial charge < -0.3 is 10.5 Å². The van der Waals surface area contributed by atoms with Crippen molar-refractivity contribution in [1.29, 1.82) is 0 Å². The first-order chi connectivity index (χ1) is 8.15. The molecule has 0 saturated carbocycles. The minimum Gasteiger partial charge on any atom is -0.486 e. The van der Waals surface area contributed by atoms with Crippen molar-refractivity contribution in [3.05, 3.63) is 59.4 Å². The largest absolute Gasteiger partial charge is 0.486 e. The summed E-state index contributed by atoms with van der Waals surface area (Å²) in [5.74, 6) is -0.211. The van der Waals surface area contributed by atoms with Crippen LogP contribution in [0.2, 0.25) is 0 Å². The molecule has 0 radical (unpaired) electrons. The molecule has 0 bridgehead atoms. The Balaban J connectivity index is 2.04. The van der Waals surface area contributed by atoms with Crippen molar-refractivity contribution in [3.63, 3.8) is 0 Å². The van der Waals surface area contributed by atoms with Crippen LogP contribution in [0.4, 0.5) is 10.1 Å². The summed E-state index contributed by atoms with van der Waals surface area (Å²) in [4.78, 5) is 0. The molecule has 0 fully saturated rings. The molecule has 17 heavy (non-hydrogen) atoms. The average molecular weight is 231 g/mol. The lowest BCUT2D eigenvalue weighted by molar-refractivity contribution is 0.290. The van der Waals surface area contributed by atoms with Gasteiger partial charge in [-0.2, -0.15) is 0 Å². The van der Waals surface area contributed by atoms with E-state index in [1.54, 1.807) is 12.1 Å². The van der Waals surface area contributed by atoms with E-state index in [0.717, 1.165) is 5.56 Å². The number of rotatable bonds is 3. The highest BCUT2D eigenvalue weighted by molar-refractivity contribution is 5.42. The third-order valence-corrected chi connectivity index (χ3v) is 2.47. The first-order valence-electron chi connectivity index (χ1n) is 5.38. The third kappa shape index (κ3) is 2.97. The van der Waals surface area contributed by atoms with Crippen molar-refractivity contribution in [2.24, 2.45) is 0 Å². The Hall–Kier alpha value is -2.03. The lowest BCUT2D eigenvalue weighted by atomic mass is 10.2. The van der Waals surface area contributed by atoms with Crippen molar-refractivity contribution >= 4 is 5.69 Å². The molecule has 3 heteroatoms. The molecule has 0 amide bonds. The molecule has 2 nitrogen and oxygen atoms in total. The van der Waals surface area contributed by atoms with Gasteiger partial charge in [0.15, 0.2) is 11.6 Å². The molecule has 0 spiro atoms. The number of anilines is 1. The van der Waals surface area contributed by atoms with E-state index >= 15 is 0 Å². The fourth-order valence-electron chi connectivity index (χ4n) is 1.48. The van der Waals surface area contributed by atoms with E-state index < -0.39 is 5.82 Å². The molecule has 88 valence electrons. The maximum Gasteiger partial charge on any atom is 0.167 e. The van der Waals surface area contributed by atoms with Gasteiger partial charge in [-0.15, -0.1) is 0 Å². The van der Waals surface area contributed by atoms with Gasteiger partial charge in [-0.3, -0.25) is 0 Å². The Bertz CT molecular complexity index is 508. The van der Waals surface area contributed by atoms with Crippen LogP contribution in [-0.4, -0.2) is 0 Å². The number of hydrogen-bond acceptors (Lipinski definition) is 2. The summed E-state index contributed by atoms with van der Waals surface area (Å²) in [6.45, 7) is 2.37. The summed E-state index contributed by atoms with van der Waals surface area (Å²) < 4.78 is 18.8. The molecule has 0 aliphatic carbocycles. The van der Waals surface area contributed by atoms with Gasteiger partial charge in [-0.25, -0.2) is 4.39 Å². The Kier molecular flexibility index (Phi) is 3.28. The number of nitrogens with two attached hydrogens (primary N) is 1. The van der Waals surface area contributed by atoms with Crippen LogP contribution in [0.15, 0.2) is 42.5 Å². The van der Waals surface area contributed by atoms with Crippen LogP contribution in [0, 0.1) is 12.7 Å². The summed E-state index contributed by atoms with van der Waals surface area (Å²) in [7, 11) is 0. The predicted octanol–water partition coefficient (Wildman–Crippen LogP) is 3.30. The van der Waals surface area contributed by atoms with Crippen LogP contribution in [0.3, 0.4) is 0 Å². The molecule has 0 aromatic heterocycles. The zero-order valence-corrected chi connectivity index (χ0v) is 9.61. The number of nitrogen functional groups attached to an aromatic ring is 1. The fourth-order valence-corrected chi connectivity index (χ4v) is 1.48. The number of halogens is 1. The molecule has 2 aromatic carbocycles. The number of benzene rings is 2. The fraction of sp³-hybridized carbons (Fsp3) is 0.143. The van der Waals surface area contributed by atoms with Gasteiger partial charge in [0.25, 0.3) is 0 Å². The maximum atomic E-state index is 13.4. The Labute approximate surface area is 99.8 Å². The van der Waals surface area contributed by atoms with Crippen LogP contribution in [0.1, 0.15) is 11.1 Å². The maximum absolute atomic E-state index is 13.4. The summed E-state index contributed by atoms with van der Waals surface area (Å²) >= 11 is 0. The molecular weight excluding hydrogens is 217 g/mol. The number of aryl methyl sites for hydroxylation is 1. The second-order valence-corrected chi connectivity index (χ2v) is 3.96. The van der Waals surface area contributed by atoms with E-state index in [4.69, 9.17) is 10.5 Å². The molecule has 2 aromatic rings. The lowest BCUT2D eigenvalue weighted by Crippen LogP contribution is -1.98. The van der Waals surface area contributed by atoms with Crippen LogP contribution in [0.25, 0.3) is 0 Å². The monoisotopic (exact) mass is 231 g/mol. The molecule has 2 N–H and O–H groups in total. The van der Waals surface area contributed by atoms with Gasteiger partial charge in [0.1, 0.15) is 6.61 Å². The van der Waals surface area contributed by atoms with Crippen molar-refractivity contribution in [2.75, 3.05) is 5.73 Å². The molecule has 2 rings (SSSR count). The highest BCUT2D eigenvalue weighted by atomic mass is 19.1. The van der Waals surface area contributed by atoms with Gasteiger partial charge in [-0.1, -0.05) is 29.8 Å². The van der Waals surface area contributed by atoms with Crippen molar-refractivity contribution in [2.45, 2.75) is 13.5 Å². The van der Waals surface area contributed by atoms with E-state index in [2.05, 4.69) is 0 Å². The van der Waals surface area contributed by atoms with E-state index in [-0.39, 0.29) is 5.75 Å². The summed E-state index contributed by atoms with van der Waals surface area (Å²) in [5.41, 5.74) is 8.04. The molecule has 0 heterocycles. The van der Waals surface area contributed by atoms with E-state index in [1.807, 2.05) is 31.2 Å². The highest BCUT2D eigenvalue weighted by Gasteiger charge is 2.03. The van der Waals surface area contributed by atoms with Gasteiger partial charge in [-0.05, 0) is 24.6 Å². The van der Waals surface area contributed by atoms with Crippen LogP contribution in [0.5, 0.6) is 5.75 Å².